The predicted octanol–water partition coefficient (Wildman–Crippen LogP) is 5.89. The van der Waals surface area contributed by atoms with Gasteiger partial charge < -0.3 is 5.32 Å². The molecule has 0 aliphatic carbocycles. The third-order valence-corrected chi connectivity index (χ3v) is 8.36. The number of nitrogens with zero attached hydrogens (tertiary/aromatic N) is 1. The van der Waals surface area contributed by atoms with E-state index in [2.05, 4.69) is 35.1 Å². The van der Waals surface area contributed by atoms with Gasteiger partial charge in [-0.2, -0.15) is 0 Å². The summed E-state index contributed by atoms with van der Waals surface area (Å²) in [7, 11) is -3.64. The first-order chi connectivity index (χ1) is 15.7. The average Bonchev–Trinajstić information content (AvgIpc) is 3.24. The predicted molar refractivity (Wildman–Crippen MR) is 137 cm³/mol. The summed E-state index contributed by atoms with van der Waals surface area (Å²) < 4.78 is 28.8. The van der Waals surface area contributed by atoms with Crippen molar-refractivity contribution in [2.75, 3.05) is 16.2 Å². The number of rotatable bonds is 6. The van der Waals surface area contributed by atoms with Gasteiger partial charge in [-0.25, -0.2) is 8.42 Å². The lowest BCUT2D eigenvalue weighted by Gasteiger charge is -2.20. The van der Waals surface area contributed by atoms with Crippen LogP contribution in [0.3, 0.4) is 0 Å². The molecule has 0 aromatic heterocycles. The van der Waals surface area contributed by atoms with Crippen LogP contribution in [0.15, 0.2) is 64.0 Å². The van der Waals surface area contributed by atoms with Crippen molar-refractivity contribution in [1.29, 1.82) is 0 Å². The number of hydrogen-bond acceptors (Lipinski definition) is 3. The molecule has 172 valence electrons. The number of halogens is 1. The Morgan fingerprint density at radius 1 is 1.00 bits per heavy atom. The molecule has 1 amide bonds. The highest BCUT2D eigenvalue weighted by Gasteiger charge is 2.31. The number of carbonyl (C=O) groups is 1. The number of aryl methyl sites for hydroxylation is 3. The van der Waals surface area contributed by atoms with E-state index in [1.54, 1.807) is 36.4 Å². The van der Waals surface area contributed by atoms with Crippen LogP contribution in [-0.2, 0) is 29.3 Å². The Morgan fingerprint density at radius 3 is 2.24 bits per heavy atom. The van der Waals surface area contributed by atoms with E-state index in [1.807, 2.05) is 25.1 Å². The summed E-state index contributed by atoms with van der Waals surface area (Å²) in [5.74, 6) is -0.190. The molecule has 4 rings (SSSR count). The Balaban J connectivity index is 1.61. The summed E-state index contributed by atoms with van der Waals surface area (Å²) in [6.45, 7) is 6.42. The van der Waals surface area contributed by atoms with Gasteiger partial charge in [0.05, 0.1) is 10.6 Å². The third-order valence-electron chi connectivity index (χ3n) is 6.07. The van der Waals surface area contributed by atoms with Crippen LogP contribution >= 0.6 is 15.9 Å². The zero-order valence-electron chi connectivity index (χ0n) is 19.0. The van der Waals surface area contributed by atoms with Crippen LogP contribution in [0.1, 0.15) is 46.5 Å². The summed E-state index contributed by atoms with van der Waals surface area (Å²) in [5, 5.41) is 3.10. The van der Waals surface area contributed by atoms with Crippen molar-refractivity contribution in [3.8, 4) is 0 Å². The largest absolute Gasteiger partial charge is 0.321 e. The minimum atomic E-state index is -3.64. The monoisotopic (exact) mass is 526 g/mol. The maximum atomic E-state index is 13.2. The molecule has 0 saturated carbocycles. The molecule has 0 bridgehead atoms. The first-order valence-corrected chi connectivity index (χ1v) is 13.3. The zero-order valence-corrected chi connectivity index (χ0v) is 21.4. The molecular weight excluding hydrogens is 500 g/mol. The van der Waals surface area contributed by atoms with E-state index in [1.165, 1.54) is 4.31 Å². The van der Waals surface area contributed by atoms with Crippen molar-refractivity contribution >= 4 is 43.2 Å². The molecule has 1 N–H and O–H groups in total. The summed E-state index contributed by atoms with van der Waals surface area (Å²) in [5.41, 5.74) is 6.04. The van der Waals surface area contributed by atoms with Gasteiger partial charge in [0.15, 0.2) is 0 Å². The van der Waals surface area contributed by atoms with Crippen molar-refractivity contribution in [2.45, 2.75) is 44.9 Å². The van der Waals surface area contributed by atoms with Gasteiger partial charge >= 0.3 is 0 Å². The number of sulfonamides is 1. The molecular formula is C26H27BrN2O3S. The van der Waals surface area contributed by atoms with Gasteiger partial charge in [0.2, 0.25) is 0 Å². The van der Waals surface area contributed by atoms with Crippen LogP contribution in [0.25, 0.3) is 0 Å². The van der Waals surface area contributed by atoms with Crippen molar-refractivity contribution in [3.05, 3.63) is 86.9 Å². The van der Waals surface area contributed by atoms with Crippen LogP contribution in [-0.4, -0.2) is 20.9 Å². The molecule has 1 heterocycles. The lowest BCUT2D eigenvalue weighted by Crippen LogP contribution is -2.29. The van der Waals surface area contributed by atoms with Crippen molar-refractivity contribution in [1.82, 2.24) is 0 Å². The van der Waals surface area contributed by atoms with Gasteiger partial charge in [0.25, 0.3) is 15.9 Å². The number of hydrogen-bond donors (Lipinski definition) is 1. The molecule has 0 saturated heterocycles. The van der Waals surface area contributed by atoms with Crippen molar-refractivity contribution in [2.24, 2.45) is 0 Å². The van der Waals surface area contributed by atoms with Crippen molar-refractivity contribution < 1.29 is 13.2 Å². The number of carbonyl (C=O) groups excluding carboxylic acids is 1. The second kappa shape index (κ2) is 9.31. The first-order valence-electron chi connectivity index (χ1n) is 11.1. The SMILES string of the molecule is CCc1cc(Br)cc(CC)c1NC(=O)c1ccc2c(c1)CCN2S(=O)(=O)c1ccc(C)cc1. The first kappa shape index (κ1) is 23.5. The molecule has 0 fully saturated rings. The highest BCUT2D eigenvalue weighted by atomic mass is 79.9. The van der Waals surface area contributed by atoms with E-state index >= 15 is 0 Å². The van der Waals surface area contributed by atoms with Crippen LogP contribution in [0, 0.1) is 6.92 Å². The van der Waals surface area contributed by atoms with Gasteiger partial charge in [-0.3, -0.25) is 9.10 Å². The molecule has 1 aliphatic heterocycles. The van der Waals surface area contributed by atoms with E-state index in [-0.39, 0.29) is 10.8 Å². The molecule has 7 heteroatoms. The fourth-order valence-corrected chi connectivity index (χ4v) is 6.28. The molecule has 1 aliphatic rings. The Hall–Kier alpha value is -2.64. The third kappa shape index (κ3) is 4.57. The van der Waals surface area contributed by atoms with E-state index < -0.39 is 10.0 Å². The lowest BCUT2D eigenvalue weighted by molar-refractivity contribution is 0.102. The highest BCUT2D eigenvalue weighted by molar-refractivity contribution is 9.10. The number of fused-ring (bicyclic) bond motifs is 1. The molecule has 0 unspecified atom stereocenters. The number of anilines is 2. The van der Waals surface area contributed by atoms with Gasteiger partial charge in [-0.1, -0.05) is 47.5 Å². The van der Waals surface area contributed by atoms with Crippen LogP contribution in [0.4, 0.5) is 11.4 Å². The molecule has 0 radical (unpaired) electrons. The standard InChI is InChI=1S/C26H27BrN2O3S/c1-4-18-15-22(27)16-19(5-2)25(18)28-26(30)21-8-11-24-20(14-21)12-13-29(24)33(31,32)23-9-6-17(3)7-10-23/h6-11,14-16H,4-5,12-13H2,1-3H3,(H,28,30). The zero-order chi connectivity index (χ0) is 23.8. The topological polar surface area (TPSA) is 66.5 Å². The summed E-state index contributed by atoms with van der Waals surface area (Å²) in [6.07, 6.45) is 2.18. The minimum Gasteiger partial charge on any atom is -0.321 e. The second-order valence-electron chi connectivity index (χ2n) is 8.24. The molecule has 5 nitrogen and oxygen atoms in total. The number of nitrogens with one attached hydrogen (secondary N) is 1. The summed E-state index contributed by atoms with van der Waals surface area (Å²) >= 11 is 3.55. The maximum absolute atomic E-state index is 13.2. The molecule has 0 spiro atoms. The van der Waals surface area contributed by atoms with Crippen molar-refractivity contribution in [3.63, 3.8) is 0 Å². The molecule has 33 heavy (non-hydrogen) atoms. The quantitative estimate of drug-likeness (QED) is 0.435. The average molecular weight is 527 g/mol. The van der Waals surface area contributed by atoms with E-state index in [4.69, 9.17) is 0 Å². The summed E-state index contributed by atoms with van der Waals surface area (Å²) in [6, 6.07) is 16.2. The Labute approximate surface area is 204 Å². The minimum absolute atomic E-state index is 0.190. The number of amides is 1. The van der Waals surface area contributed by atoms with E-state index in [0.29, 0.717) is 24.2 Å². The van der Waals surface area contributed by atoms with E-state index in [0.717, 1.165) is 45.3 Å². The van der Waals surface area contributed by atoms with Gasteiger partial charge in [0, 0.05) is 22.3 Å². The normalized spacial score (nSPS) is 13.2. The summed E-state index contributed by atoms with van der Waals surface area (Å²) in [4.78, 5) is 13.4. The fraction of sp³-hybridized carbons (Fsp3) is 0.269. The Bertz CT molecular complexity index is 1290. The Kier molecular flexibility index (Phi) is 6.64. The Morgan fingerprint density at radius 2 is 1.64 bits per heavy atom. The highest BCUT2D eigenvalue weighted by Crippen LogP contribution is 2.34. The van der Waals surface area contributed by atoms with Crippen LogP contribution < -0.4 is 9.62 Å². The van der Waals surface area contributed by atoms with Gasteiger partial charge in [0.1, 0.15) is 0 Å². The van der Waals surface area contributed by atoms with Gasteiger partial charge in [-0.15, -0.1) is 0 Å². The maximum Gasteiger partial charge on any atom is 0.264 e. The second-order valence-corrected chi connectivity index (χ2v) is 11.0. The van der Waals surface area contributed by atoms with E-state index in [9.17, 15) is 13.2 Å². The van der Waals surface area contributed by atoms with Gasteiger partial charge in [-0.05, 0) is 85.3 Å². The molecule has 0 atom stereocenters. The smallest absolute Gasteiger partial charge is 0.264 e. The number of benzene rings is 3. The van der Waals surface area contributed by atoms with Crippen LogP contribution in [0.5, 0.6) is 0 Å². The molecule has 3 aromatic rings. The lowest BCUT2D eigenvalue weighted by atomic mass is 10.0. The fourth-order valence-electron chi connectivity index (χ4n) is 4.23. The van der Waals surface area contributed by atoms with Crippen LogP contribution in [0.2, 0.25) is 0 Å². The molecule has 3 aromatic carbocycles.